The highest BCUT2D eigenvalue weighted by Crippen LogP contribution is 2.26. The van der Waals surface area contributed by atoms with E-state index in [0.29, 0.717) is 13.1 Å². The standard InChI is InChI=1S/C20H21ClN2O5S/c1-28-20(25)16-13-14(9-10-17(16)21)29(26,27)22-18-8-4-3-7-15(18)19(24)23-11-5-2-6-12-23/h3-4,7-10,13,22H,2,5-6,11-12H2,1H3. The molecule has 0 aromatic heterocycles. The molecule has 0 radical (unpaired) electrons. The average Bonchev–Trinajstić information content (AvgIpc) is 2.73. The number of hydrogen-bond acceptors (Lipinski definition) is 5. The van der Waals surface area contributed by atoms with Crippen LogP contribution in [0.4, 0.5) is 5.69 Å². The summed E-state index contributed by atoms with van der Waals surface area (Å²) in [4.78, 5) is 26.3. The van der Waals surface area contributed by atoms with Crippen LogP contribution in [0.2, 0.25) is 5.02 Å². The Morgan fingerprint density at radius 1 is 1.03 bits per heavy atom. The third kappa shape index (κ3) is 4.71. The molecule has 1 aliphatic heterocycles. The highest BCUT2D eigenvalue weighted by atomic mass is 35.5. The second-order valence-electron chi connectivity index (χ2n) is 6.64. The molecular weight excluding hydrogens is 416 g/mol. The number of carbonyl (C=O) groups excluding carboxylic acids is 2. The number of para-hydroxylation sites is 1. The van der Waals surface area contributed by atoms with Crippen LogP contribution < -0.4 is 4.72 Å². The lowest BCUT2D eigenvalue weighted by Gasteiger charge is -2.27. The number of benzene rings is 2. The number of carbonyl (C=O) groups is 2. The summed E-state index contributed by atoms with van der Waals surface area (Å²) in [6.07, 6.45) is 2.94. The maximum Gasteiger partial charge on any atom is 0.339 e. The van der Waals surface area contributed by atoms with Gasteiger partial charge in [0.1, 0.15) is 0 Å². The molecule has 1 amide bonds. The van der Waals surface area contributed by atoms with Gasteiger partial charge in [-0.3, -0.25) is 9.52 Å². The smallest absolute Gasteiger partial charge is 0.339 e. The lowest BCUT2D eigenvalue weighted by atomic mass is 10.1. The lowest BCUT2D eigenvalue weighted by Crippen LogP contribution is -2.36. The van der Waals surface area contributed by atoms with Crippen LogP contribution in [0.25, 0.3) is 0 Å². The van der Waals surface area contributed by atoms with Gasteiger partial charge in [-0.25, -0.2) is 13.2 Å². The zero-order valence-corrected chi connectivity index (χ0v) is 17.4. The Bertz CT molecular complexity index is 1030. The molecule has 1 aliphatic rings. The van der Waals surface area contributed by atoms with E-state index in [9.17, 15) is 18.0 Å². The maximum atomic E-state index is 12.9. The van der Waals surface area contributed by atoms with Crippen LogP contribution >= 0.6 is 11.6 Å². The van der Waals surface area contributed by atoms with Crippen molar-refractivity contribution in [2.24, 2.45) is 0 Å². The molecule has 1 fully saturated rings. The first-order chi connectivity index (χ1) is 13.8. The van der Waals surface area contributed by atoms with Gasteiger partial charge in [-0.1, -0.05) is 23.7 Å². The topological polar surface area (TPSA) is 92.8 Å². The fourth-order valence-corrected chi connectivity index (χ4v) is 4.47. The summed E-state index contributed by atoms with van der Waals surface area (Å²) < 4.78 is 32.9. The number of piperidine rings is 1. The van der Waals surface area contributed by atoms with Crippen molar-refractivity contribution in [3.63, 3.8) is 0 Å². The van der Waals surface area contributed by atoms with Gasteiger partial charge in [0.25, 0.3) is 15.9 Å². The predicted octanol–water partition coefficient (Wildman–Crippen LogP) is 3.55. The summed E-state index contributed by atoms with van der Waals surface area (Å²) in [5.41, 5.74) is 0.396. The van der Waals surface area contributed by atoms with E-state index in [4.69, 9.17) is 11.6 Å². The van der Waals surface area contributed by atoms with Gasteiger partial charge in [0.15, 0.2) is 0 Å². The molecule has 0 bridgehead atoms. The van der Waals surface area contributed by atoms with Crippen molar-refractivity contribution in [3.8, 4) is 0 Å². The molecule has 154 valence electrons. The van der Waals surface area contributed by atoms with E-state index in [1.165, 1.54) is 25.3 Å². The van der Waals surface area contributed by atoms with E-state index >= 15 is 0 Å². The minimum absolute atomic E-state index is 0.0604. The van der Waals surface area contributed by atoms with Crippen LogP contribution in [0.15, 0.2) is 47.4 Å². The van der Waals surface area contributed by atoms with Crippen LogP contribution in [0, 0.1) is 0 Å². The number of likely N-dealkylation sites (tertiary alicyclic amines) is 1. The van der Waals surface area contributed by atoms with E-state index < -0.39 is 16.0 Å². The van der Waals surface area contributed by atoms with Crippen molar-refractivity contribution in [2.45, 2.75) is 24.2 Å². The Balaban J connectivity index is 1.92. The fraction of sp³-hybridized carbons (Fsp3) is 0.300. The first-order valence-corrected chi connectivity index (χ1v) is 11.0. The van der Waals surface area contributed by atoms with Crippen LogP contribution in [0.5, 0.6) is 0 Å². The van der Waals surface area contributed by atoms with E-state index in [1.807, 2.05) is 0 Å². The average molecular weight is 437 g/mol. The van der Waals surface area contributed by atoms with Crippen LogP contribution in [0.1, 0.15) is 40.0 Å². The summed E-state index contributed by atoms with van der Waals surface area (Å²) in [6, 6.07) is 10.2. The molecule has 0 aliphatic carbocycles. The van der Waals surface area contributed by atoms with Gasteiger partial charge in [0.2, 0.25) is 0 Å². The number of hydrogen-bond donors (Lipinski definition) is 1. The van der Waals surface area contributed by atoms with Gasteiger partial charge in [0, 0.05) is 13.1 Å². The molecule has 2 aromatic carbocycles. The Kier molecular flexibility index (Phi) is 6.44. The zero-order valence-electron chi connectivity index (χ0n) is 15.9. The van der Waals surface area contributed by atoms with Crippen molar-refractivity contribution in [3.05, 3.63) is 58.6 Å². The number of nitrogens with one attached hydrogen (secondary N) is 1. The first-order valence-electron chi connectivity index (χ1n) is 9.12. The van der Waals surface area contributed by atoms with Gasteiger partial charge >= 0.3 is 5.97 Å². The Morgan fingerprint density at radius 3 is 2.41 bits per heavy atom. The number of methoxy groups -OCH3 is 1. The number of ether oxygens (including phenoxy) is 1. The summed E-state index contributed by atoms with van der Waals surface area (Å²) in [5, 5.41) is 0.0801. The quantitative estimate of drug-likeness (QED) is 0.723. The van der Waals surface area contributed by atoms with Gasteiger partial charge in [-0.2, -0.15) is 0 Å². The van der Waals surface area contributed by atoms with Crippen LogP contribution in [0.3, 0.4) is 0 Å². The molecular formula is C20H21ClN2O5S. The van der Waals surface area contributed by atoms with E-state index in [2.05, 4.69) is 9.46 Å². The van der Waals surface area contributed by atoms with Crippen molar-refractivity contribution in [1.82, 2.24) is 4.90 Å². The fourth-order valence-electron chi connectivity index (χ4n) is 3.17. The lowest BCUT2D eigenvalue weighted by molar-refractivity contribution is 0.0600. The van der Waals surface area contributed by atoms with Crippen LogP contribution in [-0.4, -0.2) is 45.4 Å². The van der Waals surface area contributed by atoms with Crippen molar-refractivity contribution in [2.75, 3.05) is 24.9 Å². The van der Waals surface area contributed by atoms with E-state index in [0.717, 1.165) is 25.3 Å². The predicted molar refractivity (Wildman–Crippen MR) is 110 cm³/mol. The number of esters is 1. The minimum Gasteiger partial charge on any atom is -0.465 e. The highest BCUT2D eigenvalue weighted by molar-refractivity contribution is 7.92. The van der Waals surface area contributed by atoms with E-state index in [-0.39, 0.29) is 32.6 Å². The molecule has 0 atom stereocenters. The van der Waals surface area contributed by atoms with Gasteiger partial charge in [-0.05, 0) is 49.6 Å². The summed E-state index contributed by atoms with van der Waals surface area (Å²) in [5.74, 6) is -0.956. The number of nitrogens with zero attached hydrogens (tertiary/aromatic N) is 1. The molecule has 0 saturated carbocycles. The van der Waals surface area contributed by atoms with Crippen molar-refractivity contribution >= 4 is 39.2 Å². The summed E-state index contributed by atoms with van der Waals surface area (Å²) in [6.45, 7) is 1.30. The number of anilines is 1. The number of sulfonamides is 1. The van der Waals surface area contributed by atoms with Crippen molar-refractivity contribution in [1.29, 1.82) is 0 Å². The first kappa shape index (κ1) is 21.1. The molecule has 2 aromatic rings. The summed E-state index contributed by atoms with van der Waals surface area (Å²) >= 11 is 5.97. The summed E-state index contributed by atoms with van der Waals surface area (Å²) in [7, 11) is -2.89. The van der Waals surface area contributed by atoms with Gasteiger partial charge in [0.05, 0.1) is 33.8 Å². The van der Waals surface area contributed by atoms with Crippen LogP contribution in [-0.2, 0) is 14.8 Å². The number of amides is 1. The number of halogens is 1. The normalized spacial score (nSPS) is 14.3. The van der Waals surface area contributed by atoms with Gasteiger partial charge < -0.3 is 9.64 Å². The molecule has 3 rings (SSSR count). The molecule has 9 heteroatoms. The van der Waals surface area contributed by atoms with Crippen molar-refractivity contribution < 1.29 is 22.7 Å². The molecule has 7 nitrogen and oxygen atoms in total. The largest absolute Gasteiger partial charge is 0.465 e. The zero-order chi connectivity index (χ0) is 21.0. The third-order valence-corrected chi connectivity index (χ3v) is 6.39. The minimum atomic E-state index is -4.07. The molecule has 1 heterocycles. The number of rotatable bonds is 5. The molecule has 1 N–H and O–H groups in total. The monoisotopic (exact) mass is 436 g/mol. The Labute approximate surface area is 174 Å². The molecule has 0 spiro atoms. The molecule has 1 saturated heterocycles. The molecule has 0 unspecified atom stereocenters. The SMILES string of the molecule is COC(=O)c1cc(S(=O)(=O)Nc2ccccc2C(=O)N2CCCCC2)ccc1Cl. The highest BCUT2D eigenvalue weighted by Gasteiger charge is 2.24. The third-order valence-electron chi connectivity index (χ3n) is 4.70. The van der Waals surface area contributed by atoms with Gasteiger partial charge in [-0.15, -0.1) is 0 Å². The molecule has 29 heavy (non-hydrogen) atoms. The Hall–Kier alpha value is -2.58. The maximum absolute atomic E-state index is 12.9. The Morgan fingerprint density at radius 2 is 1.72 bits per heavy atom. The van der Waals surface area contributed by atoms with E-state index in [1.54, 1.807) is 23.1 Å². The second kappa shape index (κ2) is 8.84. The second-order valence-corrected chi connectivity index (χ2v) is 8.73.